The summed E-state index contributed by atoms with van der Waals surface area (Å²) < 4.78 is 5.96. The highest BCUT2D eigenvalue weighted by Crippen LogP contribution is 2.33. The second-order valence-corrected chi connectivity index (χ2v) is 5.98. The van der Waals surface area contributed by atoms with Crippen molar-refractivity contribution in [3.63, 3.8) is 0 Å². The summed E-state index contributed by atoms with van der Waals surface area (Å²) in [5.74, 6) is 0.0702. The SMILES string of the molecule is Cc1cc(Br)c(-c2c(O)cc(-c3cccnc3)oc2=O)nc1C. The summed E-state index contributed by atoms with van der Waals surface area (Å²) in [6.07, 6.45) is 3.17. The quantitative estimate of drug-likeness (QED) is 0.739. The Labute approximate surface area is 140 Å². The van der Waals surface area contributed by atoms with E-state index in [1.165, 1.54) is 6.07 Å². The molecule has 0 spiro atoms. The number of hydrogen-bond acceptors (Lipinski definition) is 5. The molecule has 0 aliphatic carbocycles. The van der Waals surface area contributed by atoms with Gasteiger partial charge in [0, 0.05) is 34.2 Å². The van der Waals surface area contributed by atoms with Gasteiger partial charge in [0.15, 0.2) is 0 Å². The van der Waals surface area contributed by atoms with Crippen LogP contribution in [-0.4, -0.2) is 15.1 Å². The van der Waals surface area contributed by atoms with Gasteiger partial charge >= 0.3 is 5.63 Å². The number of hydrogen-bond donors (Lipinski definition) is 1. The van der Waals surface area contributed by atoms with Gasteiger partial charge in [0.2, 0.25) is 0 Å². The topological polar surface area (TPSA) is 76.2 Å². The zero-order valence-electron chi connectivity index (χ0n) is 12.5. The van der Waals surface area contributed by atoms with E-state index in [0.717, 1.165) is 11.3 Å². The summed E-state index contributed by atoms with van der Waals surface area (Å²) in [6, 6.07) is 6.72. The minimum Gasteiger partial charge on any atom is -0.507 e. The van der Waals surface area contributed by atoms with E-state index in [2.05, 4.69) is 25.9 Å². The molecule has 0 aliphatic rings. The van der Waals surface area contributed by atoms with Crippen LogP contribution in [0.25, 0.3) is 22.6 Å². The van der Waals surface area contributed by atoms with E-state index in [-0.39, 0.29) is 17.1 Å². The third-order valence-corrected chi connectivity index (χ3v) is 4.14. The lowest BCUT2D eigenvalue weighted by atomic mass is 10.1. The highest BCUT2D eigenvalue weighted by atomic mass is 79.9. The third kappa shape index (κ3) is 2.90. The van der Waals surface area contributed by atoms with Crippen molar-refractivity contribution in [2.24, 2.45) is 0 Å². The highest BCUT2D eigenvalue weighted by Gasteiger charge is 2.19. The van der Waals surface area contributed by atoms with Crippen molar-refractivity contribution in [1.29, 1.82) is 0 Å². The Hall–Kier alpha value is -2.47. The van der Waals surface area contributed by atoms with Crippen molar-refractivity contribution in [3.05, 3.63) is 62.8 Å². The first kappa shape index (κ1) is 15.4. The molecule has 6 heteroatoms. The second kappa shape index (κ2) is 5.96. The van der Waals surface area contributed by atoms with E-state index >= 15 is 0 Å². The molecule has 5 nitrogen and oxygen atoms in total. The first-order valence-electron chi connectivity index (χ1n) is 6.89. The highest BCUT2D eigenvalue weighted by molar-refractivity contribution is 9.10. The van der Waals surface area contributed by atoms with Gasteiger partial charge in [-0.25, -0.2) is 4.79 Å². The molecule has 0 saturated carbocycles. The van der Waals surface area contributed by atoms with Gasteiger partial charge in [-0.1, -0.05) is 0 Å². The molecule has 23 heavy (non-hydrogen) atoms. The van der Waals surface area contributed by atoms with Gasteiger partial charge in [-0.2, -0.15) is 0 Å². The maximum Gasteiger partial charge on any atom is 0.349 e. The van der Waals surface area contributed by atoms with Crippen LogP contribution in [0.4, 0.5) is 0 Å². The summed E-state index contributed by atoms with van der Waals surface area (Å²) in [6.45, 7) is 3.76. The maximum atomic E-state index is 12.4. The van der Waals surface area contributed by atoms with Crippen LogP contribution in [0.1, 0.15) is 11.3 Å². The van der Waals surface area contributed by atoms with Crippen LogP contribution in [0.2, 0.25) is 0 Å². The first-order valence-corrected chi connectivity index (χ1v) is 7.68. The molecule has 116 valence electrons. The van der Waals surface area contributed by atoms with Crippen molar-refractivity contribution < 1.29 is 9.52 Å². The van der Waals surface area contributed by atoms with Gasteiger partial charge < -0.3 is 9.52 Å². The number of nitrogens with zero attached hydrogens (tertiary/aromatic N) is 2. The molecule has 0 aliphatic heterocycles. The minimum atomic E-state index is -0.652. The monoisotopic (exact) mass is 372 g/mol. The molecular formula is C17H13BrN2O3. The predicted octanol–water partition coefficient (Wildman–Crippen LogP) is 3.85. The number of aryl methyl sites for hydroxylation is 2. The number of rotatable bonds is 2. The van der Waals surface area contributed by atoms with E-state index in [1.807, 2.05) is 19.9 Å². The Morgan fingerprint density at radius 3 is 2.70 bits per heavy atom. The zero-order chi connectivity index (χ0) is 16.6. The third-order valence-electron chi connectivity index (χ3n) is 3.53. The van der Waals surface area contributed by atoms with Crippen LogP contribution in [0.3, 0.4) is 0 Å². The van der Waals surface area contributed by atoms with Crippen LogP contribution in [-0.2, 0) is 0 Å². The van der Waals surface area contributed by atoms with Crippen molar-refractivity contribution in [2.45, 2.75) is 13.8 Å². The van der Waals surface area contributed by atoms with Crippen molar-refractivity contribution in [3.8, 4) is 28.3 Å². The van der Waals surface area contributed by atoms with Gasteiger partial charge in [0.05, 0.1) is 5.69 Å². The standard InChI is InChI=1S/C17H13BrN2O3/c1-9-6-12(18)16(20-10(9)2)15-13(21)7-14(23-17(15)22)11-4-3-5-19-8-11/h3-8,21H,1-2H3. The molecule has 0 unspecified atom stereocenters. The first-order chi connectivity index (χ1) is 11.0. The van der Waals surface area contributed by atoms with E-state index in [0.29, 0.717) is 15.7 Å². The van der Waals surface area contributed by atoms with Gasteiger partial charge in [-0.3, -0.25) is 9.97 Å². The lowest BCUT2D eigenvalue weighted by Crippen LogP contribution is -2.06. The second-order valence-electron chi connectivity index (χ2n) is 5.12. The van der Waals surface area contributed by atoms with E-state index in [1.54, 1.807) is 24.5 Å². The smallest absolute Gasteiger partial charge is 0.349 e. The largest absolute Gasteiger partial charge is 0.507 e. The van der Waals surface area contributed by atoms with Crippen molar-refractivity contribution >= 4 is 15.9 Å². The molecule has 0 bridgehead atoms. The lowest BCUT2D eigenvalue weighted by Gasteiger charge is -2.09. The minimum absolute atomic E-state index is 0.0348. The molecule has 0 fully saturated rings. The number of pyridine rings is 2. The average molecular weight is 373 g/mol. The van der Waals surface area contributed by atoms with Crippen molar-refractivity contribution in [2.75, 3.05) is 0 Å². The van der Waals surface area contributed by atoms with Crippen LogP contribution in [0, 0.1) is 13.8 Å². The normalized spacial score (nSPS) is 10.7. The Bertz CT molecular complexity index is 937. The van der Waals surface area contributed by atoms with Crippen LogP contribution < -0.4 is 5.63 Å². The fourth-order valence-electron chi connectivity index (χ4n) is 2.20. The summed E-state index contributed by atoms with van der Waals surface area (Å²) in [5.41, 5.74) is 2.11. The van der Waals surface area contributed by atoms with Gasteiger partial charge in [0.25, 0.3) is 0 Å². The molecule has 0 radical (unpaired) electrons. The Morgan fingerprint density at radius 2 is 2.04 bits per heavy atom. The summed E-state index contributed by atoms with van der Waals surface area (Å²) >= 11 is 3.39. The number of halogens is 1. The maximum absolute atomic E-state index is 12.4. The molecule has 0 aromatic carbocycles. The number of aromatic hydroxyl groups is 1. The van der Waals surface area contributed by atoms with E-state index in [9.17, 15) is 9.90 Å². The van der Waals surface area contributed by atoms with Gasteiger partial charge in [0.1, 0.15) is 17.1 Å². The Morgan fingerprint density at radius 1 is 1.26 bits per heavy atom. The fraction of sp³-hybridized carbons (Fsp3) is 0.118. The summed E-state index contributed by atoms with van der Waals surface area (Å²) in [4.78, 5) is 20.7. The average Bonchev–Trinajstić information content (AvgIpc) is 2.52. The Kier molecular flexibility index (Phi) is 4.00. The fourth-order valence-corrected chi connectivity index (χ4v) is 2.83. The van der Waals surface area contributed by atoms with Gasteiger partial charge in [-0.15, -0.1) is 0 Å². The zero-order valence-corrected chi connectivity index (χ0v) is 14.1. The van der Waals surface area contributed by atoms with Crippen molar-refractivity contribution in [1.82, 2.24) is 9.97 Å². The molecule has 0 atom stereocenters. The molecule has 3 heterocycles. The molecule has 0 saturated heterocycles. The molecule has 3 rings (SSSR count). The van der Waals surface area contributed by atoms with Gasteiger partial charge in [-0.05, 0) is 53.5 Å². The lowest BCUT2D eigenvalue weighted by molar-refractivity contribution is 0.456. The molecule has 1 N–H and O–H groups in total. The summed E-state index contributed by atoms with van der Waals surface area (Å²) in [5, 5.41) is 10.3. The molecular weight excluding hydrogens is 360 g/mol. The summed E-state index contributed by atoms with van der Waals surface area (Å²) in [7, 11) is 0. The van der Waals surface area contributed by atoms with E-state index < -0.39 is 5.63 Å². The van der Waals surface area contributed by atoms with Crippen LogP contribution >= 0.6 is 15.9 Å². The molecule has 0 amide bonds. The Balaban J connectivity index is 2.20. The number of aromatic nitrogens is 2. The molecule has 3 aromatic rings. The van der Waals surface area contributed by atoms with Crippen LogP contribution in [0.15, 0.2) is 50.3 Å². The predicted molar refractivity (Wildman–Crippen MR) is 90.3 cm³/mol. The van der Waals surface area contributed by atoms with Crippen LogP contribution in [0.5, 0.6) is 5.75 Å². The molecule has 3 aromatic heterocycles. The van der Waals surface area contributed by atoms with E-state index in [4.69, 9.17) is 4.42 Å².